The molecule has 1 aromatic carbocycles. The summed E-state index contributed by atoms with van der Waals surface area (Å²) in [5.74, 6) is -0.177. The fourth-order valence-electron chi connectivity index (χ4n) is 2.28. The van der Waals surface area contributed by atoms with Crippen LogP contribution in [0.2, 0.25) is 0 Å². The van der Waals surface area contributed by atoms with Crippen molar-refractivity contribution in [3.8, 4) is 0 Å². The monoisotopic (exact) mass is 273 g/mol. The SMILES string of the molecule is CCc1ccc2c(NC)cnc(N(C)CC(=O)O)c2c1. The van der Waals surface area contributed by atoms with Crippen LogP contribution in [-0.4, -0.2) is 36.7 Å². The topological polar surface area (TPSA) is 65.5 Å². The molecule has 2 N–H and O–H groups in total. The number of nitrogens with zero attached hydrogens (tertiary/aromatic N) is 2. The van der Waals surface area contributed by atoms with Crippen LogP contribution in [0.25, 0.3) is 10.8 Å². The molecule has 5 nitrogen and oxygen atoms in total. The highest BCUT2D eigenvalue weighted by Gasteiger charge is 2.13. The zero-order valence-corrected chi connectivity index (χ0v) is 12.0. The molecule has 0 aliphatic heterocycles. The number of likely N-dealkylation sites (N-methyl/N-ethyl adjacent to an activating group) is 1. The Kier molecular flexibility index (Phi) is 4.08. The molecular formula is C15H19N3O2. The summed E-state index contributed by atoms with van der Waals surface area (Å²) in [7, 11) is 3.60. The maximum atomic E-state index is 10.9. The van der Waals surface area contributed by atoms with E-state index in [4.69, 9.17) is 5.11 Å². The second kappa shape index (κ2) is 5.77. The Morgan fingerprint density at radius 2 is 2.15 bits per heavy atom. The van der Waals surface area contributed by atoms with Gasteiger partial charge >= 0.3 is 5.97 Å². The van der Waals surface area contributed by atoms with Crippen molar-refractivity contribution in [2.45, 2.75) is 13.3 Å². The number of rotatable bonds is 5. The first-order valence-corrected chi connectivity index (χ1v) is 6.59. The summed E-state index contributed by atoms with van der Waals surface area (Å²) in [6, 6.07) is 6.22. The van der Waals surface area contributed by atoms with Gasteiger partial charge in [-0.2, -0.15) is 0 Å². The summed E-state index contributed by atoms with van der Waals surface area (Å²) >= 11 is 0. The van der Waals surface area contributed by atoms with Gasteiger partial charge in [0.25, 0.3) is 0 Å². The number of aromatic nitrogens is 1. The average Bonchev–Trinajstić information content (AvgIpc) is 2.44. The molecule has 2 aromatic rings. The number of aryl methyl sites for hydroxylation is 1. The molecule has 0 fully saturated rings. The van der Waals surface area contributed by atoms with E-state index in [9.17, 15) is 4.79 Å². The van der Waals surface area contributed by atoms with Crippen LogP contribution in [0.5, 0.6) is 0 Å². The van der Waals surface area contributed by atoms with Crippen molar-refractivity contribution >= 4 is 28.2 Å². The molecule has 0 aliphatic carbocycles. The second-order valence-corrected chi connectivity index (χ2v) is 4.73. The molecule has 2 rings (SSSR count). The molecule has 5 heteroatoms. The predicted octanol–water partition coefficient (Wildman–Crippen LogP) is 2.36. The molecule has 0 unspecified atom stereocenters. The van der Waals surface area contributed by atoms with E-state index in [1.807, 2.05) is 7.05 Å². The summed E-state index contributed by atoms with van der Waals surface area (Å²) in [6.07, 6.45) is 2.67. The standard InChI is InChI=1S/C15H19N3O2/c1-4-10-5-6-11-12(7-10)15(17-8-13(11)16-2)18(3)9-14(19)20/h5-8,16H,4,9H2,1-3H3,(H,19,20). The molecule has 20 heavy (non-hydrogen) atoms. The number of hydrogen-bond acceptors (Lipinski definition) is 4. The van der Waals surface area contributed by atoms with Gasteiger partial charge in [-0.05, 0) is 18.1 Å². The van der Waals surface area contributed by atoms with Crippen LogP contribution < -0.4 is 10.2 Å². The fourth-order valence-corrected chi connectivity index (χ4v) is 2.28. The molecule has 1 heterocycles. The minimum atomic E-state index is -0.869. The average molecular weight is 273 g/mol. The van der Waals surface area contributed by atoms with Crippen molar-refractivity contribution in [1.29, 1.82) is 0 Å². The van der Waals surface area contributed by atoms with E-state index in [1.54, 1.807) is 18.1 Å². The predicted molar refractivity (Wildman–Crippen MR) is 81.6 cm³/mol. The third-order valence-corrected chi connectivity index (χ3v) is 3.34. The molecule has 0 spiro atoms. The second-order valence-electron chi connectivity index (χ2n) is 4.73. The lowest BCUT2D eigenvalue weighted by molar-refractivity contribution is -0.135. The van der Waals surface area contributed by atoms with Gasteiger partial charge in [0.1, 0.15) is 12.4 Å². The van der Waals surface area contributed by atoms with Gasteiger partial charge in [0.15, 0.2) is 0 Å². The van der Waals surface area contributed by atoms with E-state index in [0.29, 0.717) is 5.82 Å². The number of benzene rings is 1. The van der Waals surface area contributed by atoms with Crippen LogP contribution in [0.15, 0.2) is 24.4 Å². The van der Waals surface area contributed by atoms with Gasteiger partial charge in [0, 0.05) is 24.9 Å². The highest BCUT2D eigenvalue weighted by Crippen LogP contribution is 2.30. The number of carboxylic acid groups (broad SMARTS) is 1. The Morgan fingerprint density at radius 3 is 2.75 bits per heavy atom. The summed E-state index contributed by atoms with van der Waals surface area (Å²) < 4.78 is 0. The summed E-state index contributed by atoms with van der Waals surface area (Å²) in [4.78, 5) is 16.9. The molecule has 0 saturated carbocycles. The van der Waals surface area contributed by atoms with Crippen LogP contribution in [0.3, 0.4) is 0 Å². The number of aliphatic carboxylic acids is 1. The van der Waals surface area contributed by atoms with E-state index in [2.05, 4.69) is 35.4 Å². The molecule has 0 radical (unpaired) electrons. The molecule has 0 amide bonds. The van der Waals surface area contributed by atoms with Gasteiger partial charge in [0.05, 0.1) is 11.9 Å². The summed E-state index contributed by atoms with van der Waals surface area (Å²) in [5.41, 5.74) is 2.15. The Bertz CT molecular complexity index is 640. The molecule has 106 valence electrons. The van der Waals surface area contributed by atoms with Crippen molar-refractivity contribution < 1.29 is 9.90 Å². The highest BCUT2D eigenvalue weighted by molar-refractivity contribution is 6.01. The Morgan fingerprint density at radius 1 is 1.40 bits per heavy atom. The Balaban J connectivity index is 2.62. The first-order chi connectivity index (χ1) is 9.56. The number of carboxylic acids is 1. The van der Waals surface area contributed by atoms with Crippen LogP contribution in [-0.2, 0) is 11.2 Å². The van der Waals surface area contributed by atoms with Gasteiger partial charge in [0.2, 0.25) is 0 Å². The molecule has 1 aromatic heterocycles. The Hall–Kier alpha value is -2.30. The van der Waals surface area contributed by atoms with Crippen LogP contribution in [0, 0.1) is 0 Å². The van der Waals surface area contributed by atoms with E-state index in [-0.39, 0.29) is 6.54 Å². The number of carbonyl (C=O) groups is 1. The van der Waals surface area contributed by atoms with Crippen molar-refractivity contribution in [3.05, 3.63) is 30.0 Å². The zero-order valence-electron chi connectivity index (χ0n) is 12.0. The molecular weight excluding hydrogens is 254 g/mol. The van der Waals surface area contributed by atoms with Gasteiger partial charge < -0.3 is 15.3 Å². The van der Waals surface area contributed by atoms with Gasteiger partial charge in [-0.25, -0.2) is 4.98 Å². The van der Waals surface area contributed by atoms with Crippen molar-refractivity contribution in [2.24, 2.45) is 0 Å². The number of nitrogens with one attached hydrogen (secondary N) is 1. The largest absolute Gasteiger partial charge is 0.480 e. The summed E-state index contributed by atoms with van der Waals surface area (Å²) in [6.45, 7) is 2.02. The quantitative estimate of drug-likeness (QED) is 0.875. The number of fused-ring (bicyclic) bond motifs is 1. The van der Waals surface area contributed by atoms with E-state index < -0.39 is 5.97 Å². The van der Waals surface area contributed by atoms with Crippen LogP contribution in [0.1, 0.15) is 12.5 Å². The minimum absolute atomic E-state index is 0.0721. The van der Waals surface area contributed by atoms with E-state index >= 15 is 0 Å². The van der Waals surface area contributed by atoms with Gasteiger partial charge in [-0.15, -0.1) is 0 Å². The minimum Gasteiger partial charge on any atom is -0.480 e. The number of anilines is 2. The molecule has 0 saturated heterocycles. The third kappa shape index (κ3) is 2.66. The van der Waals surface area contributed by atoms with Gasteiger partial charge in [-0.1, -0.05) is 19.1 Å². The van der Waals surface area contributed by atoms with Crippen LogP contribution >= 0.6 is 0 Å². The molecule has 0 atom stereocenters. The lowest BCUT2D eigenvalue weighted by Gasteiger charge is -2.19. The molecule has 0 aliphatic rings. The zero-order chi connectivity index (χ0) is 14.7. The molecule has 0 bridgehead atoms. The maximum Gasteiger partial charge on any atom is 0.323 e. The number of pyridine rings is 1. The van der Waals surface area contributed by atoms with E-state index in [0.717, 1.165) is 22.9 Å². The fraction of sp³-hybridized carbons (Fsp3) is 0.333. The van der Waals surface area contributed by atoms with Crippen LogP contribution in [0.4, 0.5) is 11.5 Å². The lowest BCUT2D eigenvalue weighted by atomic mass is 10.0. The highest BCUT2D eigenvalue weighted by atomic mass is 16.4. The Labute approximate surface area is 118 Å². The van der Waals surface area contributed by atoms with Crippen molar-refractivity contribution in [3.63, 3.8) is 0 Å². The van der Waals surface area contributed by atoms with E-state index in [1.165, 1.54) is 5.56 Å². The maximum absolute atomic E-state index is 10.9. The summed E-state index contributed by atoms with van der Waals surface area (Å²) in [5, 5.41) is 14.1. The number of hydrogen-bond donors (Lipinski definition) is 2. The smallest absolute Gasteiger partial charge is 0.323 e. The van der Waals surface area contributed by atoms with Gasteiger partial charge in [-0.3, -0.25) is 4.79 Å². The first-order valence-electron chi connectivity index (χ1n) is 6.59. The van der Waals surface area contributed by atoms with Crippen molar-refractivity contribution in [2.75, 3.05) is 30.9 Å². The van der Waals surface area contributed by atoms with Crippen molar-refractivity contribution in [1.82, 2.24) is 4.98 Å². The first kappa shape index (κ1) is 14.1. The normalized spacial score (nSPS) is 10.6. The third-order valence-electron chi connectivity index (χ3n) is 3.34. The lowest BCUT2D eigenvalue weighted by Crippen LogP contribution is -2.26.